The maximum atomic E-state index is 13.3. The Balaban J connectivity index is 1.72. The lowest BCUT2D eigenvalue weighted by Gasteiger charge is -2.28. The molecule has 4 nitrogen and oxygen atoms in total. The number of nitrogens with zero attached hydrogens (tertiary/aromatic N) is 1. The normalized spacial score (nSPS) is 17.5. The predicted octanol–water partition coefficient (Wildman–Crippen LogP) is 1.22. The van der Waals surface area contributed by atoms with E-state index in [0.29, 0.717) is 48.5 Å². The Kier molecular flexibility index (Phi) is 6.69. The Hall–Kier alpha value is -1.47. The molecule has 1 N–H and O–H groups in total. The van der Waals surface area contributed by atoms with Gasteiger partial charge in [0.25, 0.3) is 5.91 Å². The molecule has 1 fully saturated rings. The topological polar surface area (TPSA) is 42.7 Å². The van der Waals surface area contributed by atoms with E-state index in [0.717, 1.165) is 5.69 Å². The summed E-state index contributed by atoms with van der Waals surface area (Å²) in [5.41, 5.74) is 2.10. The van der Waals surface area contributed by atoms with E-state index in [-0.39, 0.29) is 30.0 Å². The summed E-state index contributed by atoms with van der Waals surface area (Å²) in [6, 6.07) is 5.44. The molecule has 1 aliphatic rings. The van der Waals surface area contributed by atoms with Crippen molar-refractivity contribution in [2.24, 2.45) is 5.92 Å². The van der Waals surface area contributed by atoms with Crippen LogP contribution in [0.15, 0.2) is 24.4 Å². The zero-order valence-electron chi connectivity index (χ0n) is 17.2. The molecule has 29 heavy (non-hydrogen) atoms. The van der Waals surface area contributed by atoms with Crippen LogP contribution in [0.2, 0.25) is 5.02 Å². The van der Waals surface area contributed by atoms with Gasteiger partial charge >= 0.3 is 0 Å². The van der Waals surface area contributed by atoms with Crippen molar-refractivity contribution in [2.45, 2.75) is 43.3 Å². The number of carbonyl (C=O) groups is 1. The van der Waals surface area contributed by atoms with Crippen molar-refractivity contribution in [1.82, 2.24) is 9.72 Å². The molecule has 10 heteroatoms. The van der Waals surface area contributed by atoms with Crippen LogP contribution in [-0.2, 0) is 11.2 Å². The van der Waals surface area contributed by atoms with Gasteiger partial charge < -0.3 is 14.5 Å². The molecule has 2 heterocycles. The fraction of sp³-hybridized carbons (Fsp3) is 0.526. The van der Waals surface area contributed by atoms with Crippen molar-refractivity contribution >= 4 is 46.6 Å². The first kappa shape index (κ1) is 22.2. The minimum absolute atomic E-state index is 0.0857. The Morgan fingerprint density at radius 3 is 2.69 bits per heavy atom. The van der Waals surface area contributed by atoms with E-state index in [1.165, 1.54) is 0 Å². The molecule has 1 amide bonds. The molecule has 154 valence electrons. The van der Waals surface area contributed by atoms with Crippen LogP contribution in [0.1, 0.15) is 41.7 Å². The highest BCUT2D eigenvalue weighted by Crippen LogP contribution is 2.35. The molecule has 2 aromatic heterocycles. The standard InChI is InChI=1S/C19H26B3ClF2N2O2/c20-19(21,22)29-9-5-13-10-14(16-15(23)2-1-8-27(13)16)17(28)26-11-12-3-6-18(24,25)7-4-12/h1-2,8,10,12H,3-7,9,11,20-22H2,(H,26,28). The molecule has 2 aromatic rings. The molecule has 0 bridgehead atoms. The molecule has 0 atom stereocenters. The second-order valence-electron chi connectivity index (χ2n) is 8.84. The fourth-order valence-corrected chi connectivity index (χ4v) is 4.01. The molecular formula is C19H26B3ClF2N2O2. The van der Waals surface area contributed by atoms with Crippen molar-refractivity contribution < 1.29 is 18.3 Å². The summed E-state index contributed by atoms with van der Waals surface area (Å²) in [7, 11) is 6.00. The third-order valence-corrected chi connectivity index (χ3v) is 5.65. The summed E-state index contributed by atoms with van der Waals surface area (Å²) in [5.74, 6) is -2.70. The highest BCUT2D eigenvalue weighted by molar-refractivity contribution is 6.58. The Morgan fingerprint density at radius 2 is 2.03 bits per heavy atom. The van der Waals surface area contributed by atoms with Crippen molar-refractivity contribution in [2.75, 3.05) is 13.2 Å². The average molecular weight is 420 g/mol. The number of hydrogen-bond donors (Lipinski definition) is 1. The Morgan fingerprint density at radius 1 is 1.34 bits per heavy atom. The third kappa shape index (κ3) is 5.79. The van der Waals surface area contributed by atoms with Gasteiger partial charge in [0, 0.05) is 44.3 Å². The second kappa shape index (κ2) is 8.72. The van der Waals surface area contributed by atoms with Gasteiger partial charge in [0.15, 0.2) is 0 Å². The lowest BCUT2D eigenvalue weighted by molar-refractivity contribution is -0.0452. The number of pyridine rings is 1. The van der Waals surface area contributed by atoms with Crippen LogP contribution < -0.4 is 5.32 Å². The minimum atomic E-state index is -2.56. The monoisotopic (exact) mass is 420 g/mol. The van der Waals surface area contributed by atoms with E-state index in [1.807, 2.05) is 46.3 Å². The largest absolute Gasteiger partial charge is 0.400 e. The number of amides is 1. The van der Waals surface area contributed by atoms with Crippen LogP contribution in [0.5, 0.6) is 0 Å². The average Bonchev–Trinajstić information content (AvgIpc) is 3.00. The molecule has 0 saturated heterocycles. The van der Waals surface area contributed by atoms with Crippen LogP contribution >= 0.6 is 11.6 Å². The molecule has 3 rings (SSSR count). The lowest BCUT2D eigenvalue weighted by Crippen LogP contribution is -2.34. The van der Waals surface area contributed by atoms with Gasteiger partial charge in [-0.05, 0) is 42.3 Å². The van der Waals surface area contributed by atoms with E-state index >= 15 is 0 Å². The van der Waals surface area contributed by atoms with Crippen LogP contribution in [0.3, 0.4) is 0 Å². The summed E-state index contributed by atoms with van der Waals surface area (Å²) in [5, 5.41) is 3.19. The van der Waals surface area contributed by atoms with E-state index in [4.69, 9.17) is 16.3 Å². The number of halogens is 3. The maximum absolute atomic E-state index is 13.3. The van der Waals surface area contributed by atoms with Crippen LogP contribution in [0, 0.1) is 5.92 Å². The summed E-state index contributed by atoms with van der Waals surface area (Å²) in [6.45, 7) is 0.929. The quantitative estimate of drug-likeness (QED) is 0.685. The van der Waals surface area contributed by atoms with Gasteiger partial charge in [-0.25, -0.2) is 8.78 Å². The van der Waals surface area contributed by atoms with Crippen molar-refractivity contribution in [3.63, 3.8) is 0 Å². The molecule has 1 aliphatic carbocycles. The van der Waals surface area contributed by atoms with E-state index in [2.05, 4.69) is 5.32 Å². The number of ether oxygens (including phenoxy) is 1. The van der Waals surface area contributed by atoms with Gasteiger partial charge in [0.1, 0.15) is 23.5 Å². The summed E-state index contributed by atoms with van der Waals surface area (Å²) in [6.07, 6.45) is 3.18. The highest BCUT2D eigenvalue weighted by Gasteiger charge is 2.35. The number of hydrogen-bond acceptors (Lipinski definition) is 2. The van der Waals surface area contributed by atoms with Crippen LogP contribution in [0.25, 0.3) is 5.52 Å². The number of nitrogens with one attached hydrogen (secondary N) is 1. The van der Waals surface area contributed by atoms with Crippen LogP contribution in [-0.4, -0.2) is 58.2 Å². The zero-order chi connectivity index (χ0) is 21.2. The zero-order valence-corrected chi connectivity index (χ0v) is 18.0. The van der Waals surface area contributed by atoms with Crippen LogP contribution in [0.4, 0.5) is 8.78 Å². The highest BCUT2D eigenvalue weighted by atomic mass is 35.5. The molecule has 0 spiro atoms. The van der Waals surface area contributed by atoms with E-state index in [9.17, 15) is 13.6 Å². The number of alkyl halides is 2. The Labute approximate surface area is 177 Å². The molecule has 0 aliphatic heterocycles. The van der Waals surface area contributed by atoms with E-state index in [1.54, 1.807) is 6.07 Å². The number of fused-ring (bicyclic) bond motifs is 1. The first-order valence-electron chi connectivity index (χ1n) is 10.1. The predicted molar refractivity (Wildman–Crippen MR) is 120 cm³/mol. The van der Waals surface area contributed by atoms with Crippen molar-refractivity contribution in [3.05, 3.63) is 40.7 Å². The summed E-state index contributed by atoms with van der Waals surface area (Å²) < 4.78 is 34.4. The van der Waals surface area contributed by atoms with Gasteiger partial charge in [-0.1, -0.05) is 11.6 Å². The molecule has 0 radical (unpaired) electrons. The van der Waals surface area contributed by atoms with Gasteiger partial charge in [-0.3, -0.25) is 4.79 Å². The number of rotatable bonds is 7. The summed E-state index contributed by atoms with van der Waals surface area (Å²) >= 11 is 6.39. The van der Waals surface area contributed by atoms with Crippen molar-refractivity contribution in [1.29, 1.82) is 0 Å². The lowest BCUT2D eigenvalue weighted by atomic mass is 9.52. The number of carbonyl (C=O) groups excluding carboxylic acids is 1. The van der Waals surface area contributed by atoms with Gasteiger partial charge in [0.05, 0.1) is 16.1 Å². The fourth-order valence-electron chi connectivity index (χ4n) is 3.75. The SMILES string of the molecule is BC(B)(B)OCCc1cc(C(=O)NCC2CCC(F)(F)CC2)c2c(Cl)cccn12. The molecule has 1 saturated carbocycles. The van der Waals surface area contributed by atoms with Gasteiger partial charge in [0.2, 0.25) is 5.92 Å². The maximum Gasteiger partial charge on any atom is 0.253 e. The smallest absolute Gasteiger partial charge is 0.253 e. The first-order chi connectivity index (χ1) is 13.6. The molecule has 0 unspecified atom stereocenters. The third-order valence-electron chi connectivity index (χ3n) is 5.35. The van der Waals surface area contributed by atoms with Gasteiger partial charge in [-0.2, -0.15) is 0 Å². The molecule has 0 aromatic carbocycles. The van der Waals surface area contributed by atoms with Crippen molar-refractivity contribution in [3.8, 4) is 0 Å². The van der Waals surface area contributed by atoms with E-state index < -0.39 is 5.92 Å². The second-order valence-corrected chi connectivity index (χ2v) is 9.25. The number of aromatic nitrogens is 1. The van der Waals surface area contributed by atoms with Gasteiger partial charge in [-0.15, -0.1) is 0 Å². The molecular weight excluding hydrogens is 394 g/mol. The summed E-state index contributed by atoms with van der Waals surface area (Å²) in [4.78, 5) is 12.9. The Bertz CT molecular complexity index is 876. The first-order valence-corrected chi connectivity index (χ1v) is 10.5. The minimum Gasteiger partial charge on any atom is -0.400 e.